The van der Waals surface area contributed by atoms with Gasteiger partial charge in [-0.15, -0.1) is 0 Å². The van der Waals surface area contributed by atoms with Crippen molar-refractivity contribution in [3.8, 4) is 6.07 Å². The summed E-state index contributed by atoms with van der Waals surface area (Å²) in [7, 11) is 3.61. The fourth-order valence-electron chi connectivity index (χ4n) is 4.69. The molecule has 1 aliphatic heterocycles. The third-order valence-electron chi connectivity index (χ3n) is 5.92. The number of hydrogen-bond acceptors (Lipinski definition) is 6. The van der Waals surface area contributed by atoms with Gasteiger partial charge in [-0.2, -0.15) is 15.5 Å². The third kappa shape index (κ3) is 3.42. The minimum atomic E-state index is -0.407. The zero-order valence-corrected chi connectivity index (χ0v) is 18.5. The van der Waals surface area contributed by atoms with Crippen LogP contribution in [0.5, 0.6) is 0 Å². The highest BCUT2D eigenvalue weighted by molar-refractivity contribution is 5.99. The molecular weight excluding hydrogens is 407 g/mol. The lowest BCUT2D eigenvalue weighted by Gasteiger charge is -2.37. The molecule has 4 aromatic rings. The normalized spacial score (nSPS) is 18.9. The highest BCUT2D eigenvalue weighted by atomic mass is 19.1. The molecule has 0 unspecified atom stereocenters. The van der Waals surface area contributed by atoms with Crippen molar-refractivity contribution in [1.82, 2.24) is 24.9 Å². The van der Waals surface area contributed by atoms with Crippen LogP contribution in [0.2, 0.25) is 0 Å². The first-order valence-corrected chi connectivity index (χ1v) is 10.6. The summed E-state index contributed by atoms with van der Waals surface area (Å²) in [6.45, 7) is 6.07. The first-order valence-electron chi connectivity index (χ1n) is 10.6. The van der Waals surface area contributed by atoms with Gasteiger partial charge in [0.25, 0.3) is 0 Å². The van der Waals surface area contributed by atoms with Gasteiger partial charge in [0.1, 0.15) is 11.6 Å². The Balaban J connectivity index is 1.57. The molecule has 9 heteroatoms. The maximum Gasteiger partial charge on any atom is 0.161 e. The third-order valence-corrected chi connectivity index (χ3v) is 5.92. The smallest absolute Gasteiger partial charge is 0.161 e. The number of rotatable bonds is 3. The van der Waals surface area contributed by atoms with E-state index in [1.165, 1.54) is 6.07 Å². The van der Waals surface area contributed by atoms with Gasteiger partial charge in [0.15, 0.2) is 11.6 Å². The Morgan fingerprint density at radius 2 is 1.88 bits per heavy atom. The van der Waals surface area contributed by atoms with E-state index in [-0.39, 0.29) is 0 Å². The van der Waals surface area contributed by atoms with E-state index in [1.807, 2.05) is 19.2 Å². The van der Waals surface area contributed by atoms with Crippen LogP contribution in [-0.4, -0.2) is 44.7 Å². The lowest BCUT2D eigenvalue weighted by atomic mass is 10.1. The molecule has 0 saturated carbocycles. The van der Waals surface area contributed by atoms with Crippen molar-refractivity contribution >= 4 is 39.0 Å². The van der Waals surface area contributed by atoms with Crippen molar-refractivity contribution in [3.05, 3.63) is 41.8 Å². The number of anilines is 3. The predicted octanol–water partition coefficient (Wildman–Crippen LogP) is 3.40. The van der Waals surface area contributed by atoms with E-state index in [0.29, 0.717) is 40.1 Å². The summed E-state index contributed by atoms with van der Waals surface area (Å²) < 4.78 is 17.9. The van der Waals surface area contributed by atoms with Crippen LogP contribution >= 0.6 is 0 Å². The van der Waals surface area contributed by atoms with Gasteiger partial charge in [-0.1, -0.05) is 0 Å². The fraction of sp³-hybridized carbons (Fsp3) is 0.348. The van der Waals surface area contributed by atoms with Crippen LogP contribution in [0.3, 0.4) is 0 Å². The minimum Gasteiger partial charge on any atom is -0.368 e. The molecule has 0 aliphatic carbocycles. The number of aromatic nitrogens is 4. The Labute approximate surface area is 185 Å². The van der Waals surface area contributed by atoms with Gasteiger partial charge in [0, 0.05) is 62.2 Å². The van der Waals surface area contributed by atoms with Crippen molar-refractivity contribution in [1.29, 1.82) is 5.26 Å². The minimum absolute atomic E-state index is 0.325. The number of fused-ring (bicyclic) bond motifs is 2. The van der Waals surface area contributed by atoms with Crippen LogP contribution < -0.4 is 15.5 Å². The van der Waals surface area contributed by atoms with Gasteiger partial charge in [0.05, 0.1) is 16.5 Å². The topological polar surface area (TPSA) is 86.7 Å². The Morgan fingerprint density at radius 1 is 1.12 bits per heavy atom. The number of benzene rings is 2. The maximum absolute atomic E-state index is 14.5. The summed E-state index contributed by atoms with van der Waals surface area (Å²) in [5.74, 6) is 0.117. The molecule has 1 saturated heterocycles. The molecule has 5 rings (SSSR count). The second-order valence-electron chi connectivity index (χ2n) is 8.67. The molecular formula is C23H25FN8. The number of aryl methyl sites for hydroxylation is 2. The number of nitrogens with one attached hydrogen (secondary N) is 2. The average Bonchev–Trinajstić information content (AvgIpc) is 3.26. The van der Waals surface area contributed by atoms with Gasteiger partial charge in [-0.3, -0.25) is 9.36 Å². The summed E-state index contributed by atoms with van der Waals surface area (Å²) >= 11 is 0. The summed E-state index contributed by atoms with van der Waals surface area (Å²) in [6.07, 6.45) is 1.77. The van der Waals surface area contributed by atoms with Crippen molar-refractivity contribution in [3.63, 3.8) is 0 Å². The van der Waals surface area contributed by atoms with Crippen molar-refractivity contribution in [2.75, 3.05) is 23.3 Å². The molecule has 2 aromatic heterocycles. The van der Waals surface area contributed by atoms with Gasteiger partial charge < -0.3 is 15.5 Å². The lowest BCUT2D eigenvalue weighted by Crippen LogP contribution is -2.54. The van der Waals surface area contributed by atoms with Crippen LogP contribution in [0.4, 0.5) is 21.6 Å². The molecule has 0 amide bonds. The van der Waals surface area contributed by atoms with Gasteiger partial charge in [-0.05, 0) is 38.1 Å². The van der Waals surface area contributed by atoms with Crippen molar-refractivity contribution in [2.45, 2.75) is 25.9 Å². The molecule has 0 radical (unpaired) electrons. The van der Waals surface area contributed by atoms with Gasteiger partial charge in [-0.25, -0.2) is 4.39 Å². The van der Waals surface area contributed by atoms with Crippen molar-refractivity contribution < 1.29 is 4.39 Å². The van der Waals surface area contributed by atoms with Crippen LogP contribution in [0.25, 0.3) is 21.8 Å². The second-order valence-corrected chi connectivity index (χ2v) is 8.67. The van der Waals surface area contributed by atoms with E-state index in [0.717, 1.165) is 29.7 Å². The SMILES string of the molecule is C[C@@H]1CN(c2cc(C#N)c3c(Nc4cc(F)c5nn(C)cc5c4)nn(C)c3c2)C[C@H](C)N1. The van der Waals surface area contributed by atoms with E-state index >= 15 is 0 Å². The molecule has 3 heterocycles. The Morgan fingerprint density at radius 3 is 2.59 bits per heavy atom. The number of piperazine rings is 1. The van der Waals surface area contributed by atoms with E-state index in [4.69, 9.17) is 0 Å². The first kappa shape index (κ1) is 20.3. The van der Waals surface area contributed by atoms with Crippen molar-refractivity contribution in [2.24, 2.45) is 14.1 Å². The standard InChI is InChI=1S/C23H25FN8/c1-13-10-32(11-14(2)26-13)18-6-15(9-25)21-20(8-18)31(4)29-23(21)27-17-5-16-12-30(3)28-22(16)19(24)7-17/h5-8,12-14,26H,10-11H2,1-4H3,(H,27,29)/t13-,14+. The highest BCUT2D eigenvalue weighted by Crippen LogP contribution is 2.34. The average molecular weight is 433 g/mol. The molecule has 2 atom stereocenters. The number of halogens is 1. The van der Waals surface area contributed by atoms with Crippen LogP contribution in [0.15, 0.2) is 30.5 Å². The van der Waals surface area contributed by atoms with E-state index < -0.39 is 5.82 Å². The molecule has 2 N–H and O–H groups in total. The lowest BCUT2D eigenvalue weighted by molar-refractivity contribution is 0.407. The van der Waals surface area contributed by atoms with E-state index in [9.17, 15) is 9.65 Å². The van der Waals surface area contributed by atoms with Crippen LogP contribution in [-0.2, 0) is 14.1 Å². The summed E-state index contributed by atoms with van der Waals surface area (Å²) in [5, 5.41) is 26.9. The molecule has 0 spiro atoms. The molecule has 1 fully saturated rings. The summed E-state index contributed by atoms with van der Waals surface area (Å²) in [5.41, 5.74) is 3.27. The fourth-order valence-corrected chi connectivity index (χ4v) is 4.69. The molecule has 32 heavy (non-hydrogen) atoms. The van der Waals surface area contributed by atoms with Gasteiger partial charge >= 0.3 is 0 Å². The second kappa shape index (κ2) is 7.50. The van der Waals surface area contributed by atoms with Crippen LogP contribution in [0, 0.1) is 17.1 Å². The molecule has 1 aliphatic rings. The summed E-state index contributed by atoms with van der Waals surface area (Å²) in [4.78, 5) is 2.30. The predicted molar refractivity (Wildman–Crippen MR) is 124 cm³/mol. The monoisotopic (exact) mass is 432 g/mol. The van der Waals surface area contributed by atoms with E-state index in [1.54, 1.807) is 22.6 Å². The number of nitrogens with zero attached hydrogens (tertiary/aromatic N) is 6. The molecule has 164 valence electrons. The first-order chi connectivity index (χ1) is 15.3. The Hall–Kier alpha value is -3.64. The molecule has 2 aromatic carbocycles. The largest absolute Gasteiger partial charge is 0.368 e. The summed E-state index contributed by atoms with van der Waals surface area (Å²) in [6, 6.07) is 10.3. The highest BCUT2D eigenvalue weighted by Gasteiger charge is 2.23. The molecule has 8 nitrogen and oxygen atoms in total. The number of nitriles is 1. The van der Waals surface area contributed by atoms with E-state index in [2.05, 4.69) is 51.7 Å². The van der Waals surface area contributed by atoms with Crippen LogP contribution in [0.1, 0.15) is 19.4 Å². The quantitative estimate of drug-likeness (QED) is 0.516. The zero-order valence-electron chi connectivity index (χ0n) is 18.5. The molecule has 0 bridgehead atoms. The number of hydrogen-bond donors (Lipinski definition) is 2. The maximum atomic E-state index is 14.5. The Bertz CT molecular complexity index is 1370. The zero-order chi connectivity index (χ0) is 22.6. The van der Waals surface area contributed by atoms with Gasteiger partial charge in [0.2, 0.25) is 0 Å². The Kier molecular flexibility index (Phi) is 4.75.